The Morgan fingerprint density at radius 2 is 1.36 bits per heavy atom. The number of benzene rings is 3. The fourth-order valence-electron chi connectivity index (χ4n) is 3.37. The highest BCUT2D eigenvalue weighted by Gasteiger charge is 2.32. The number of allylic oxidation sites excluding steroid dienone is 1. The molecule has 3 aromatic carbocycles. The van der Waals surface area contributed by atoms with Crippen LogP contribution in [0.3, 0.4) is 0 Å². The van der Waals surface area contributed by atoms with Gasteiger partial charge in [-0.1, -0.05) is 60.7 Å². The van der Waals surface area contributed by atoms with Gasteiger partial charge in [0.1, 0.15) is 0 Å². The second kappa shape index (κ2) is 6.63. The van der Waals surface area contributed by atoms with Crippen molar-refractivity contribution < 1.29 is 14.4 Å². The molecule has 0 aromatic heterocycles. The van der Waals surface area contributed by atoms with E-state index >= 15 is 0 Å². The Hall–Kier alpha value is -3.99. The molecule has 0 heterocycles. The molecule has 0 unspecified atom stereocenters. The van der Waals surface area contributed by atoms with E-state index in [2.05, 4.69) is 0 Å². The number of carbonyl (C=O) groups is 3. The molecule has 1 aliphatic rings. The van der Waals surface area contributed by atoms with E-state index in [9.17, 15) is 14.4 Å². The van der Waals surface area contributed by atoms with Crippen LogP contribution >= 0.6 is 0 Å². The molecule has 1 aliphatic carbocycles. The Labute approximate surface area is 161 Å². The van der Waals surface area contributed by atoms with Crippen LogP contribution in [0.25, 0.3) is 5.70 Å². The van der Waals surface area contributed by atoms with E-state index < -0.39 is 0 Å². The van der Waals surface area contributed by atoms with Crippen LogP contribution in [0, 0.1) is 0 Å². The Morgan fingerprint density at radius 1 is 0.750 bits per heavy atom. The van der Waals surface area contributed by atoms with Crippen molar-refractivity contribution in [3.63, 3.8) is 0 Å². The van der Waals surface area contributed by atoms with Crippen LogP contribution in [0.1, 0.15) is 47.8 Å². The van der Waals surface area contributed by atoms with Crippen LogP contribution in [0.15, 0.2) is 72.8 Å². The number of hydrogen-bond donors (Lipinski definition) is 2. The van der Waals surface area contributed by atoms with Gasteiger partial charge in [-0.15, -0.1) is 0 Å². The summed E-state index contributed by atoms with van der Waals surface area (Å²) in [5.41, 5.74) is 14.4. The van der Waals surface area contributed by atoms with Gasteiger partial charge in [0, 0.05) is 39.6 Å². The third kappa shape index (κ3) is 2.70. The van der Waals surface area contributed by atoms with Crippen molar-refractivity contribution in [2.45, 2.75) is 0 Å². The van der Waals surface area contributed by atoms with E-state index in [1.165, 1.54) is 12.1 Å². The molecule has 5 nitrogen and oxygen atoms in total. The van der Waals surface area contributed by atoms with E-state index in [4.69, 9.17) is 11.5 Å². The molecule has 0 aliphatic heterocycles. The lowest BCUT2D eigenvalue weighted by molar-refractivity contribution is 0.0979. The second-order valence-electron chi connectivity index (χ2n) is 6.48. The molecule has 0 amide bonds. The predicted molar refractivity (Wildman–Crippen MR) is 107 cm³/mol. The molecular formula is C23H16N2O3. The van der Waals surface area contributed by atoms with Gasteiger partial charge in [-0.2, -0.15) is 0 Å². The van der Waals surface area contributed by atoms with Crippen molar-refractivity contribution in [1.82, 2.24) is 0 Å². The van der Waals surface area contributed by atoms with Crippen molar-refractivity contribution in [2.24, 2.45) is 5.73 Å². The molecule has 0 saturated carbocycles. The minimum atomic E-state index is -0.327. The fourth-order valence-corrected chi connectivity index (χ4v) is 3.37. The summed E-state index contributed by atoms with van der Waals surface area (Å²) in [6.07, 6.45) is 1.27. The first-order chi connectivity index (χ1) is 13.5. The van der Waals surface area contributed by atoms with Crippen molar-refractivity contribution >= 4 is 28.7 Å². The zero-order valence-electron chi connectivity index (χ0n) is 14.8. The summed E-state index contributed by atoms with van der Waals surface area (Å²) in [6, 6.07) is 18.4. The predicted octanol–water partition coefficient (Wildman–Crippen LogP) is 3.23. The Morgan fingerprint density at radius 3 is 2.04 bits per heavy atom. The number of anilines is 1. The third-order valence-electron chi connectivity index (χ3n) is 4.79. The normalized spacial score (nSPS) is 13.1. The quantitative estimate of drug-likeness (QED) is 0.328. The highest BCUT2D eigenvalue weighted by atomic mass is 16.1. The number of rotatable bonds is 3. The molecule has 136 valence electrons. The first kappa shape index (κ1) is 17.4. The average molecular weight is 368 g/mol. The van der Waals surface area contributed by atoms with Gasteiger partial charge in [-0.05, 0) is 6.07 Å². The van der Waals surface area contributed by atoms with Crippen LogP contribution in [0.5, 0.6) is 0 Å². The van der Waals surface area contributed by atoms with E-state index in [1.54, 1.807) is 54.6 Å². The van der Waals surface area contributed by atoms with Crippen LogP contribution in [-0.2, 0) is 0 Å². The lowest BCUT2D eigenvalue weighted by Crippen LogP contribution is -2.23. The standard InChI is InChI=1S/C23H16N2O3/c24-18(12-19(26)13-6-2-1-3-7-13)16-10-11-17-20(21(16)25)23(28)15-9-5-4-8-14(15)22(17)27/h1-12H,24-25H2. The fraction of sp³-hybridized carbons (Fsp3) is 0. The maximum absolute atomic E-state index is 12.9. The number of hydrogen-bond acceptors (Lipinski definition) is 5. The largest absolute Gasteiger partial charge is 0.398 e. The van der Waals surface area contributed by atoms with Crippen LogP contribution in [0.2, 0.25) is 0 Å². The molecular weight excluding hydrogens is 352 g/mol. The van der Waals surface area contributed by atoms with Gasteiger partial charge < -0.3 is 11.5 Å². The summed E-state index contributed by atoms with van der Waals surface area (Å²) in [4.78, 5) is 38.1. The first-order valence-corrected chi connectivity index (χ1v) is 8.67. The van der Waals surface area contributed by atoms with Crippen molar-refractivity contribution in [1.29, 1.82) is 0 Å². The first-order valence-electron chi connectivity index (χ1n) is 8.67. The van der Waals surface area contributed by atoms with Gasteiger partial charge in [0.25, 0.3) is 0 Å². The SMILES string of the molecule is NC(=CC(=O)c1ccccc1)c1ccc2c(c1N)C(=O)c1ccccc1C2=O. The molecule has 4 N–H and O–H groups in total. The number of nitrogens with two attached hydrogens (primary N) is 2. The number of fused-ring (bicyclic) bond motifs is 2. The van der Waals surface area contributed by atoms with Gasteiger partial charge in [-0.3, -0.25) is 14.4 Å². The molecule has 0 saturated heterocycles. The van der Waals surface area contributed by atoms with Gasteiger partial charge in [0.05, 0.1) is 11.3 Å². The monoisotopic (exact) mass is 368 g/mol. The highest BCUT2D eigenvalue weighted by molar-refractivity contribution is 6.30. The van der Waals surface area contributed by atoms with Crippen molar-refractivity contribution in [3.05, 3.63) is 106 Å². The topological polar surface area (TPSA) is 103 Å². The van der Waals surface area contributed by atoms with Gasteiger partial charge in [0.2, 0.25) is 0 Å². The molecule has 4 rings (SSSR count). The highest BCUT2D eigenvalue weighted by Crippen LogP contribution is 2.34. The Balaban J connectivity index is 1.80. The van der Waals surface area contributed by atoms with E-state index in [-0.39, 0.29) is 39.9 Å². The maximum atomic E-state index is 12.9. The van der Waals surface area contributed by atoms with Crippen LogP contribution in [-0.4, -0.2) is 17.3 Å². The summed E-state index contributed by atoms with van der Waals surface area (Å²) in [5, 5.41) is 0. The smallest absolute Gasteiger partial charge is 0.196 e. The zero-order valence-corrected chi connectivity index (χ0v) is 14.8. The number of nitrogen functional groups attached to an aromatic ring is 1. The Bertz CT molecular complexity index is 1180. The summed E-state index contributed by atoms with van der Waals surface area (Å²) >= 11 is 0. The summed E-state index contributed by atoms with van der Waals surface area (Å²) < 4.78 is 0. The van der Waals surface area contributed by atoms with E-state index in [1.807, 2.05) is 6.07 Å². The van der Waals surface area contributed by atoms with Gasteiger partial charge in [0.15, 0.2) is 17.3 Å². The van der Waals surface area contributed by atoms with Crippen molar-refractivity contribution in [2.75, 3.05) is 5.73 Å². The number of ketones is 3. The maximum Gasteiger partial charge on any atom is 0.196 e. The molecule has 0 atom stereocenters. The molecule has 0 radical (unpaired) electrons. The Kier molecular flexibility index (Phi) is 4.12. The summed E-state index contributed by atoms with van der Waals surface area (Å²) in [6.45, 7) is 0. The number of carbonyl (C=O) groups excluding carboxylic acids is 3. The van der Waals surface area contributed by atoms with Crippen molar-refractivity contribution in [3.8, 4) is 0 Å². The lowest BCUT2D eigenvalue weighted by Gasteiger charge is -2.20. The van der Waals surface area contributed by atoms with E-state index in [0.717, 1.165) is 0 Å². The molecule has 0 bridgehead atoms. The molecule has 0 fully saturated rings. The summed E-state index contributed by atoms with van der Waals surface area (Å²) in [5.74, 6) is -0.860. The molecule has 28 heavy (non-hydrogen) atoms. The zero-order chi connectivity index (χ0) is 19.8. The summed E-state index contributed by atoms with van der Waals surface area (Å²) in [7, 11) is 0. The van der Waals surface area contributed by atoms with E-state index in [0.29, 0.717) is 22.3 Å². The minimum Gasteiger partial charge on any atom is -0.398 e. The van der Waals surface area contributed by atoms with Gasteiger partial charge in [-0.25, -0.2) is 0 Å². The lowest BCUT2D eigenvalue weighted by atomic mass is 9.82. The van der Waals surface area contributed by atoms with Crippen LogP contribution in [0.4, 0.5) is 5.69 Å². The third-order valence-corrected chi connectivity index (χ3v) is 4.79. The molecule has 5 heteroatoms. The van der Waals surface area contributed by atoms with Gasteiger partial charge >= 0.3 is 0 Å². The second-order valence-corrected chi connectivity index (χ2v) is 6.48. The molecule has 3 aromatic rings. The van der Waals surface area contributed by atoms with Crippen LogP contribution < -0.4 is 11.5 Å². The minimum absolute atomic E-state index is 0.0972. The average Bonchev–Trinajstić information content (AvgIpc) is 2.72. The molecule has 0 spiro atoms.